The van der Waals surface area contributed by atoms with Crippen molar-refractivity contribution in [1.82, 2.24) is 14.8 Å². The van der Waals surface area contributed by atoms with E-state index < -0.39 is 5.92 Å². The maximum absolute atomic E-state index is 13.5. The summed E-state index contributed by atoms with van der Waals surface area (Å²) in [7, 11) is 1.63. The van der Waals surface area contributed by atoms with Gasteiger partial charge < -0.3 is 10.1 Å². The molecule has 146 valence electrons. The van der Waals surface area contributed by atoms with Gasteiger partial charge in [0.25, 0.3) is 0 Å². The fourth-order valence-electron chi connectivity index (χ4n) is 4.23. The zero-order valence-electron chi connectivity index (χ0n) is 15.7. The van der Waals surface area contributed by atoms with Crippen LogP contribution in [-0.4, -0.2) is 27.7 Å². The first-order valence-electron chi connectivity index (χ1n) is 9.44. The van der Waals surface area contributed by atoms with Crippen molar-refractivity contribution in [2.45, 2.75) is 18.4 Å². The summed E-state index contributed by atoms with van der Waals surface area (Å²) in [5, 5.41) is 7.59. The van der Waals surface area contributed by atoms with Crippen LogP contribution in [0.1, 0.15) is 29.5 Å². The minimum Gasteiger partial charge on any atom is -0.497 e. The number of carbonyl (C=O) groups excluding carboxylic acids is 1. The van der Waals surface area contributed by atoms with Gasteiger partial charge in [0.05, 0.1) is 19.1 Å². The largest absolute Gasteiger partial charge is 0.497 e. The van der Waals surface area contributed by atoms with Crippen LogP contribution in [0.2, 0.25) is 0 Å². The van der Waals surface area contributed by atoms with Crippen molar-refractivity contribution in [3.63, 3.8) is 0 Å². The van der Waals surface area contributed by atoms with Crippen LogP contribution in [0.4, 0.5) is 10.3 Å². The van der Waals surface area contributed by atoms with Crippen molar-refractivity contribution in [2.75, 3.05) is 12.4 Å². The number of methoxy groups -OCH3 is 1. The second-order valence-electron chi connectivity index (χ2n) is 7.30. The van der Waals surface area contributed by atoms with E-state index in [0.717, 1.165) is 22.6 Å². The number of halogens is 1. The number of Topliss-reactive ketones (excluding diaryl/α,β-unsaturated/α-hetero) is 1. The first kappa shape index (κ1) is 17.6. The molecule has 6 nitrogen and oxygen atoms in total. The van der Waals surface area contributed by atoms with Gasteiger partial charge in [0.15, 0.2) is 0 Å². The Bertz CT molecular complexity index is 1090. The lowest BCUT2D eigenvalue weighted by Gasteiger charge is -2.38. The van der Waals surface area contributed by atoms with Gasteiger partial charge in [-0.1, -0.05) is 30.3 Å². The fourth-order valence-corrected chi connectivity index (χ4v) is 4.23. The normalized spacial score (nSPS) is 22.9. The zero-order chi connectivity index (χ0) is 20.0. The zero-order valence-corrected chi connectivity index (χ0v) is 15.7. The first-order valence-corrected chi connectivity index (χ1v) is 9.44. The highest BCUT2D eigenvalue weighted by Gasteiger charge is 2.43. The molecule has 0 bridgehead atoms. The number of hydrogen-bond donors (Lipinski definition) is 1. The smallest absolute Gasteiger partial charge is 0.226 e. The molecule has 2 heterocycles. The molecule has 1 aliphatic carbocycles. The van der Waals surface area contributed by atoms with Crippen LogP contribution in [0.5, 0.6) is 5.75 Å². The second kappa shape index (κ2) is 6.84. The Morgan fingerprint density at radius 1 is 1.10 bits per heavy atom. The number of benzene rings is 2. The van der Waals surface area contributed by atoms with Gasteiger partial charge in [0.2, 0.25) is 5.95 Å². The molecular formula is C22H19FN4O2. The Morgan fingerprint density at radius 3 is 2.55 bits per heavy atom. The minimum absolute atomic E-state index is 0.0319. The van der Waals surface area contributed by atoms with E-state index in [1.54, 1.807) is 23.9 Å². The quantitative estimate of drug-likeness (QED) is 0.739. The highest BCUT2D eigenvalue weighted by Crippen LogP contribution is 2.44. The molecule has 7 heteroatoms. The lowest BCUT2D eigenvalue weighted by Crippen LogP contribution is -2.40. The van der Waals surface area contributed by atoms with E-state index in [9.17, 15) is 9.18 Å². The average Bonchev–Trinajstić information content (AvgIpc) is 3.21. The molecule has 0 spiro atoms. The molecule has 1 N–H and O–H groups in total. The summed E-state index contributed by atoms with van der Waals surface area (Å²) in [5.74, 6) is 0.712. The van der Waals surface area contributed by atoms with Crippen LogP contribution in [0.3, 0.4) is 0 Å². The van der Waals surface area contributed by atoms with Crippen LogP contribution in [0, 0.1) is 11.7 Å². The predicted molar refractivity (Wildman–Crippen MR) is 105 cm³/mol. The Labute approximate surface area is 167 Å². The first-order chi connectivity index (χ1) is 14.1. The molecule has 5 rings (SSSR count). The monoisotopic (exact) mass is 390 g/mol. The van der Waals surface area contributed by atoms with Gasteiger partial charge in [-0.3, -0.25) is 4.79 Å². The van der Waals surface area contributed by atoms with E-state index in [1.807, 2.05) is 24.3 Å². The van der Waals surface area contributed by atoms with Crippen LogP contribution >= 0.6 is 0 Å². The minimum atomic E-state index is -0.413. The molecule has 2 aliphatic rings. The van der Waals surface area contributed by atoms with Gasteiger partial charge in [-0.25, -0.2) is 9.07 Å². The molecule has 0 radical (unpaired) electrons. The number of rotatable bonds is 3. The Balaban J connectivity index is 1.57. The molecule has 3 aromatic rings. The molecule has 0 saturated carbocycles. The number of allylic oxidation sites excluding steroid dienone is 2. The second-order valence-corrected chi connectivity index (χ2v) is 7.30. The van der Waals surface area contributed by atoms with Crippen LogP contribution in [-0.2, 0) is 4.79 Å². The van der Waals surface area contributed by atoms with E-state index in [2.05, 4.69) is 21.5 Å². The standard InChI is InChI=1S/C22H19FN4O2/c1-29-17-8-4-13(5-9-17)15-10-18-20(19(28)11-15)21(14-2-6-16(23)7-3-14)27-22(26-18)24-12-25-27/h2-10,12,15,20-21H,11H2,1H3,(H,24,25,26)/t15-,20-,21-/m0/s1. The van der Waals surface area contributed by atoms with E-state index in [1.165, 1.54) is 18.5 Å². The summed E-state index contributed by atoms with van der Waals surface area (Å²) in [6, 6.07) is 13.6. The number of fused-ring (bicyclic) bond motifs is 2. The van der Waals surface area contributed by atoms with Gasteiger partial charge in [-0.15, -0.1) is 0 Å². The van der Waals surface area contributed by atoms with Gasteiger partial charge in [0, 0.05) is 18.0 Å². The van der Waals surface area contributed by atoms with Crippen molar-refractivity contribution in [1.29, 1.82) is 0 Å². The summed E-state index contributed by atoms with van der Waals surface area (Å²) < 4.78 is 20.4. The molecule has 0 amide bonds. The highest BCUT2D eigenvalue weighted by atomic mass is 19.1. The summed E-state index contributed by atoms with van der Waals surface area (Å²) in [4.78, 5) is 17.6. The van der Waals surface area contributed by atoms with Crippen LogP contribution < -0.4 is 10.1 Å². The number of ketones is 1. The number of ether oxygens (including phenoxy) is 1. The third-order valence-electron chi connectivity index (χ3n) is 5.65. The van der Waals surface area contributed by atoms with E-state index in [4.69, 9.17) is 4.74 Å². The Morgan fingerprint density at radius 2 is 1.83 bits per heavy atom. The topological polar surface area (TPSA) is 69.0 Å². The van der Waals surface area contributed by atoms with Crippen molar-refractivity contribution in [3.8, 4) is 5.75 Å². The summed E-state index contributed by atoms with van der Waals surface area (Å²) in [5.41, 5.74) is 2.70. The van der Waals surface area contributed by atoms with Crippen molar-refractivity contribution >= 4 is 11.7 Å². The number of nitrogens with one attached hydrogen (secondary N) is 1. The van der Waals surface area contributed by atoms with E-state index >= 15 is 0 Å². The number of carbonyl (C=O) groups is 1. The SMILES string of the molecule is COc1ccc([C@H]2C=C3Nc4ncnn4[C@@H](c4ccc(F)cc4)[C@@H]3C(=O)C2)cc1. The molecule has 29 heavy (non-hydrogen) atoms. The summed E-state index contributed by atoms with van der Waals surface area (Å²) >= 11 is 0. The van der Waals surface area contributed by atoms with Gasteiger partial charge >= 0.3 is 0 Å². The number of anilines is 1. The average molecular weight is 390 g/mol. The van der Waals surface area contributed by atoms with Gasteiger partial charge in [-0.2, -0.15) is 10.1 Å². The number of hydrogen-bond acceptors (Lipinski definition) is 5. The Hall–Kier alpha value is -3.48. The lowest BCUT2D eigenvalue weighted by molar-refractivity contribution is -0.123. The van der Waals surface area contributed by atoms with Crippen molar-refractivity contribution < 1.29 is 13.9 Å². The lowest BCUT2D eigenvalue weighted by atomic mass is 9.75. The van der Waals surface area contributed by atoms with Crippen LogP contribution in [0.15, 0.2) is 66.6 Å². The molecule has 0 fully saturated rings. The number of nitrogens with zero attached hydrogens (tertiary/aromatic N) is 3. The predicted octanol–water partition coefficient (Wildman–Crippen LogP) is 3.70. The maximum Gasteiger partial charge on any atom is 0.226 e. The van der Waals surface area contributed by atoms with E-state index in [-0.39, 0.29) is 23.6 Å². The molecule has 0 saturated heterocycles. The Kier molecular flexibility index (Phi) is 4.16. The van der Waals surface area contributed by atoms with Crippen LogP contribution in [0.25, 0.3) is 0 Å². The summed E-state index contributed by atoms with van der Waals surface area (Å²) in [6.07, 6.45) is 3.95. The van der Waals surface area contributed by atoms with E-state index in [0.29, 0.717) is 12.4 Å². The fraction of sp³-hybridized carbons (Fsp3) is 0.227. The molecular weight excluding hydrogens is 371 g/mol. The van der Waals surface area contributed by atoms with Crippen molar-refractivity contribution in [2.24, 2.45) is 5.92 Å². The van der Waals surface area contributed by atoms with Crippen molar-refractivity contribution in [3.05, 3.63) is 83.6 Å². The molecule has 1 aliphatic heterocycles. The van der Waals surface area contributed by atoms with Gasteiger partial charge in [-0.05, 0) is 35.4 Å². The third-order valence-corrected chi connectivity index (χ3v) is 5.65. The molecule has 0 unspecified atom stereocenters. The molecule has 3 atom stereocenters. The molecule has 1 aromatic heterocycles. The number of aromatic nitrogens is 3. The third kappa shape index (κ3) is 2.99. The maximum atomic E-state index is 13.5. The summed E-state index contributed by atoms with van der Waals surface area (Å²) in [6.45, 7) is 0. The molecule has 2 aromatic carbocycles. The van der Waals surface area contributed by atoms with Gasteiger partial charge in [0.1, 0.15) is 23.7 Å². The highest BCUT2D eigenvalue weighted by molar-refractivity contribution is 5.88.